The molecule has 0 spiro atoms. The summed E-state index contributed by atoms with van der Waals surface area (Å²) >= 11 is 0. The van der Waals surface area contributed by atoms with Crippen LogP contribution in [0, 0.1) is 10.8 Å². The fourth-order valence-electron chi connectivity index (χ4n) is 7.09. The average molecular weight is 483 g/mol. The van der Waals surface area contributed by atoms with Crippen molar-refractivity contribution in [1.82, 2.24) is 0 Å². The molecule has 2 aliphatic rings. The van der Waals surface area contributed by atoms with Crippen LogP contribution in [0.2, 0.25) is 0 Å². The Hall–Kier alpha value is -2.08. The van der Waals surface area contributed by atoms with Crippen molar-refractivity contribution in [3.05, 3.63) is 79.9 Å². The minimum absolute atomic E-state index is 0.181. The highest BCUT2D eigenvalue weighted by Crippen LogP contribution is 2.54. The van der Waals surface area contributed by atoms with Gasteiger partial charge in [-0.1, -0.05) is 117 Å². The minimum atomic E-state index is 0.181. The largest absolute Gasteiger partial charge is 0.0613 e. The van der Waals surface area contributed by atoms with E-state index >= 15 is 0 Å². The van der Waals surface area contributed by atoms with Crippen molar-refractivity contribution in [2.45, 2.75) is 120 Å². The summed E-state index contributed by atoms with van der Waals surface area (Å²) in [4.78, 5) is 0. The molecule has 2 atom stereocenters. The first-order valence-electron chi connectivity index (χ1n) is 14.7. The summed E-state index contributed by atoms with van der Waals surface area (Å²) in [6, 6.07) is 9.64. The Morgan fingerprint density at radius 1 is 0.500 bits per heavy atom. The van der Waals surface area contributed by atoms with Crippen molar-refractivity contribution in [3.8, 4) is 0 Å². The number of rotatable bonds is 7. The number of hydrogen-bond donors (Lipinski definition) is 0. The van der Waals surface area contributed by atoms with Crippen molar-refractivity contribution >= 4 is 12.2 Å². The molecule has 0 saturated carbocycles. The quantitative estimate of drug-likeness (QED) is 0.368. The van der Waals surface area contributed by atoms with Crippen LogP contribution >= 0.6 is 0 Å². The number of benzene rings is 2. The first kappa shape index (κ1) is 27.0. The number of allylic oxidation sites excluding steroid dienone is 2. The second kappa shape index (κ2) is 10.00. The van der Waals surface area contributed by atoms with Crippen LogP contribution in [0.5, 0.6) is 0 Å². The highest BCUT2D eigenvalue weighted by atomic mass is 14.4. The summed E-state index contributed by atoms with van der Waals surface area (Å²) in [5.41, 5.74) is 16.2. The van der Waals surface area contributed by atoms with Gasteiger partial charge in [-0.3, -0.25) is 0 Å². The Balaban J connectivity index is 1.80. The highest BCUT2D eigenvalue weighted by Gasteiger charge is 2.38. The number of aryl methyl sites for hydroxylation is 4. The lowest BCUT2D eigenvalue weighted by atomic mass is 9.72. The molecule has 0 nitrogen and oxygen atoms in total. The fourth-order valence-corrected chi connectivity index (χ4v) is 7.09. The Bertz CT molecular complexity index is 1090. The van der Waals surface area contributed by atoms with Gasteiger partial charge < -0.3 is 0 Å². The molecule has 0 amide bonds. The van der Waals surface area contributed by atoms with E-state index in [2.05, 4.69) is 106 Å². The lowest BCUT2D eigenvalue weighted by molar-refractivity contribution is 0.429. The summed E-state index contributed by atoms with van der Waals surface area (Å²) in [7, 11) is 0. The summed E-state index contributed by atoms with van der Waals surface area (Å²) in [6.45, 7) is 23.8. The van der Waals surface area contributed by atoms with Crippen molar-refractivity contribution in [1.29, 1.82) is 0 Å². The molecule has 2 aliphatic carbocycles. The average Bonchev–Trinajstić information content (AvgIpc) is 3.41. The fraction of sp³-hybridized carbons (Fsp3) is 0.556. The van der Waals surface area contributed by atoms with Gasteiger partial charge in [0.25, 0.3) is 0 Å². The van der Waals surface area contributed by atoms with Gasteiger partial charge in [-0.2, -0.15) is 0 Å². The molecule has 0 radical (unpaired) electrons. The maximum atomic E-state index is 2.59. The van der Waals surface area contributed by atoms with Gasteiger partial charge in [-0.05, 0) is 93.9 Å². The third-order valence-corrected chi connectivity index (χ3v) is 8.98. The topological polar surface area (TPSA) is 0 Å². The molecule has 2 unspecified atom stereocenters. The molecule has 2 aromatic rings. The van der Waals surface area contributed by atoms with E-state index in [1.807, 2.05) is 0 Å². The van der Waals surface area contributed by atoms with Gasteiger partial charge in [0.2, 0.25) is 0 Å². The van der Waals surface area contributed by atoms with Crippen molar-refractivity contribution in [3.63, 3.8) is 0 Å². The molecule has 0 fully saturated rings. The molecule has 0 heteroatoms. The SMILES string of the molecule is CCc1ccc(CC)c2c1C=C(C(C)(C)C)C2CCC1C(C(C)(C)C)=Cc2c(CC)ccc(CC)c21. The maximum Gasteiger partial charge on any atom is 0.00658 e. The molecule has 36 heavy (non-hydrogen) atoms. The lowest BCUT2D eigenvalue weighted by Crippen LogP contribution is -2.18. The van der Waals surface area contributed by atoms with E-state index in [1.165, 1.54) is 24.0 Å². The molecule has 194 valence electrons. The van der Waals surface area contributed by atoms with Gasteiger partial charge in [0, 0.05) is 11.8 Å². The van der Waals surface area contributed by atoms with Crippen molar-refractivity contribution in [2.24, 2.45) is 10.8 Å². The van der Waals surface area contributed by atoms with Gasteiger partial charge >= 0.3 is 0 Å². The van der Waals surface area contributed by atoms with Crippen LogP contribution in [0.25, 0.3) is 12.2 Å². The monoisotopic (exact) mass is 482 g/mol. The highest BCUT2D eigenvalue weighted by molar-refractivity contribution is 5.74. The van der Waals surface area contributed by atoms with Gasteiger partial charge in [0.1, 0.15) is 0 Å². The van der Waals surface area contributed by atoms with Gasteiger partial charge in [0.05, 0.1) is 0 Å². The first-order valence-corrected chi connectivity index (χ1v) is 14.7. The van der Waals surface area contributed by atoms with Gasteiger partial charge in [0.15, 0.2) is 0 Å². The van der Waals surface area contributed by atoms with Crippen LogP contribution in [0.3, 0.4) is 0 Å². The second-order valence-corrected chi connectivity index (χ2v) is 13.2. The Kier molecular flexibility index (Phi) is 7.49. The number of hydrogen-bond acceptors (Lipinski definition) is 0. The second-order valence-electron chi connectivity index (χ2n) is 13.2. The lowest BCUT2D eigenvalue weighted by Gasteiger charge is -2.32. The molecule has 4 rings (SSSR count). The summed E-state index contributed by atoms with van der Waals surface area (Å²) in [6.07, 6.45) is 12.1. The van der Waals surface area contributed by atoms with Crippen LogP contribution in [-0.4, -0.2) is 0 Å². The summed E-state index contributed by atoms with van der Waals surface area (Å²) in [5, 5.41) is 0. The van der Waals surface area contributed by atoms with E-state index in [1.54, 1.807) is 44.5 Å². The normalized spacial score (nSPS) is 19.3. The smallest absolute Gasteiger partial charge is 0.00658 e. The zero-order valence-electron chi connectivity index (χ0n) is 24.9. The van der Waals surface area contributed by atoms with E-state index in [9.17, 15) is 0 Å². The molecule has 0 N–H and O–H groups in total. The molecule has 0 aromatic heterocycles. The molecular weight excluding hydrogens is 432 g/mol. The van der Waals surface area contributed by atoms with E-state index in [-0.39, 0.29) is 10.8 Å². The molecule has 2 aromatic carbocycles. The summed E-state index contributed by atoms with van der Waals surface area (Å²) in [5.74, 6) is 1.07. The van der Waals surface area contributed by atoms with E-state index in [0.29, 0.717) is 11.8 Å². The summed E-state index contributed by atoms with van der Waals surface area (Å²) < 4.78 is 0. The van der Waals surface area contributed by atoms with E-state index in [4.69, 9.17) is 0 Å². The predicted octanol–water partition coefficient (Wildman–Crippen LogP) is 10.5. The molecule has 0 bridgehead atoms. The standard InChI is InChI=1S/C36H50/c1-11-23-15-17-25(13-3)33-27(31(21-29(23)33)35(5,6)7)19-20-28-32(36(8,9)10)22-30-24(12-2)16-18-26(14-4)34(28)30/h15-18,21-22,27-28H,11-14,19-20H2,1-10H3. The Morgan fingerprint density at radius 3 is 1.08 bits per heavy atom. The van der Waals surface area contributed by atoms with Crippen LogP contribution < -0.4 is 0 Å². The molecule has 0 heterocycles. The molecule has 0 saturated heterocycles. The Morgan fingerprint density at radius 2 is 0.806 bits per heavy atom. The third kappa shape index (κ3) is 4.66. The predicted molar refractivity (Wildman–Crippen MR) is 160 cm³/mol. The van der Waals surface area contributed by atoms with Crippen LogP contribution in [-0.2, 0) is 25.7 Å². The van der Waals surface area contributed by atoms with Crippen molar-refractivity contribution < 1.29 is 0 Å². The zero-order chi connectivity index (χ0) is 26.4. The zero-order valence-corrected chi connectivity index (χ0v) is 24.9. The maximum absolute atomic E-state index is 2.59. The van der Waals surface area contributed by atoms with Crippen LogP contribution in [0.1, 0.15) is 138 Å². The molecular formula is C36H50. The molecule has 0 aliphatic heterocycles. The third-order valence-electron chi connectivity index (χ3n) is 8.98. The van der Waals surface area contributed by atoms with E-state index in [0.717, 1.165) is 25.7 Å². The van der Waals surface area contributed by atoms with Gasteiger partial charge in [-0.15, -0.1) is 0 Å². The van der Waals surface area contributed by atoms with Gasteiger partial charge in [-0.25, -0.2) is 0 Å². The first-order chi connectivity index (χ1) is 17.0. The number of fused-ring (bicyclic) bond motifs is 2. The Labute approximate surface area is 222 Å². The van der Waals surface area contributed by atoms with Crippen LogP contribution in [0.15, 0.2) is 35.4 Å². The van der Waals surface area contributed by atoms with E-state index < -0.39 is 0 Å². The van der Waals surface area contributed by atoms with Crippen molar-refractivity contribution in [2.75, 3.05) is 0 Å². The minimum Gasteiger partial charge on any atom is -0.0613 e. The van der Waals surface area contributed by atoms with Crippen LogP contribution in [0.4, 0.5) is 0 Å².